The second-order valence-corrected chi connectivity index (χ2v) is 9.83. The lowest BCUT2D eigenvalue weighted by Crippen LogP contribution is -2.49. The number of carbonyl (C=O) groups is 1. The van der Waals surface area contributed by atoms with Gasteiger partial charge in [-0.2, -0.15) is 13.8 Å². The minimum atomic E-state index is -3.59. The van der Waals surface area contributed by atoms with E-state index in [-0.39, 0.29) is 11.3 Å². The molecule has 0 aliphatic heterocycles. The van der Waals surface area contributed by atoms with Crippen molar-refractivity contribution in [1.29, 1.82) is 0 Å². The molecule has 1 atom stereocenters. The lowest BCUT2D eigenvalue weighted by atomic mass is 9.76. The van der Waals surface area contributed by atoms with E-state index < -0.39 is 64.1 Å². The molecule has 1 aliphatic rings. The van der Waals surface area contributed by atoms with Gasteiger partial charge in [0.15, 0.2) is 9.84 Å². The van der Waals surface area contributed by atoms with Gasteiger partial charge in [-0.25, -0.2) is 22.2 Å². The van der Waals surface area contributed by atoms with Crippen LogP contribution in [0, 0.1) is 5.92 Å². The molecule has 12 heteroatoms. The predicted molar refractivity (Wildman–Crippen MR) is 111 cm³/mol. The van der Waals surface area contributed by atoms with Crippen LogP contribution in [0.25, 0.3) is 0 Å². The second-order valence-electron chi connectivity index (χ2n) is 7.90. The number of alkyl halides is 4. The summed E-state index contributed by atoms with van der Waals surface area (Å²) >= 11 is 0. The van der Waals surface area contributed by atoms with Crippen LogP contribution in [0.2, 0.25) is 0 Å². The first-order valence-corrected chi connectivity index (χ1v) is 11.7. The van der Waals surface area contributed by atoms with Crippen LogP contribution in [0.3, 0.4) is 0 Å². The Hall–Kier alpha value is -3.02. The molecule has 7 nitrogen and oxygen atoms in total. The Bertz CT molecular complexity index is 1140. The zero-order valence-corrected chi connectivity index (χ0v) is 18.5. The topological polar surface area (TPSA) is 98.2 Å². The molecule has 1 aromatic heterocycles. The molecule has 1 fully saturated rings. The number of rotatable bonds is 8. The summed E-state index contributed by atoms with van der Waals surface area (Å²) < 4.78 is 82.7. The van der Waals surface area contributed by atoms with Crippen molar-refractivity contribution in [3.8, 4) is 11.6 Å². The second kappa shape index (κ2) is 9.08. The van der Waals surface area contributed by atoms with Gasteiger partial charge in [0.05, 0.1) is 6.04 Å². The number of aromatic nitrogens is 2. The maximum absolute atomic E-state index is 13.7. The Morgan fingerprint density at radius 2 is 1.91 bits per heavy atom. The minimum absolute atomic E-state index is 0.211. The monoisotopic (exact) mass is 487 g/mol. The Balaban J connectivity index is 1.92. The van der Waals surface area contributed by atoms with Gasteiger partial charge < -0.3 is 10.1 Å². The van der Waals surface area contributed by atoms with E-state index >= 15 is 0 Å². The number of halogens is 4. The number of sulfone groups is 1. The number of nitrogens with zero attached hydrogens (tertiary/aromatic N) is 2. The highest BCUT2D eigenvalue weighted by molar-refractivity contribution is 7.93. The van der Waals surface area contributed by atoms with E-state index in [0.29, 0.717) is 6.92 Å². The fourth-order valence-electron chi connectivity index (χ4n) is 3.15. The number of para-hydroxylation sites is 1. The Morgan fingerprint density at radius 3 is 2.45 bits per heavy atom. The fourth-order valence-corrected chi connectivity index (χ4v) is 3.61. The van der Waals surface area contributed by atoms with E-state index in [1.54, 1.807) is 18.2 Å². The molecule has 1 N–H and O–H groups in total. The molecule has 1 aromatic carbocycles. The highest BCUT2D eigenvalue weighted by Gasteiger charge is 2.48. The summed E-state index contributed by atoms with van der Waals surface area (Å²) in [6.45, 7) is 0.581. The van der Waals surface area contributed by atoms with E-state index in [4.69, 9.17) is 4.74 Å². The Morgan fingerprint density at radius 1 is 1.27 bits per heavy atom. The molecule has 3 rings (SSSR count). The SMILES string of the molecule is CC(F)(F)c1ncc(C(=O)NC(C=CS(C)(=O)=O)C2CC(F)(F)C2)c(Oc2ccccc2)n1. The molecule has 0 radical (unpaired) electrons. The average molecular weight is 487 g/mol. The molecule has 2 aromatic rings. The van der Waals surface area contributed by atoms with E-state index in [0.717, 1.165) is 23.9 Å². The summed E-state index contributed by atoms with van der Waals surface area (Å²) in [4.78, 5) is 20.1. The Kier molecular flexibility index (Phi) is 6.78. The van der Waals surface area contributed by atoms with Gasteiger partial charge in [-0.05, 0) is 18.1 Å². The lowest BCUT2D eigenvalue weighted by Gasteiger charge is -2.39. The summed E-state index contributed by atoms with van der Waals surface area (Å²) in [6.07, 6.45) is 1.79. The smallest absolute Gasteiger partial charge is 0.303 e. The number of hydrogen-bond donors (Lipinski definition) is 1. The minimum Gasteiger partial charge on any atom is -0.438 e. The highest BCUT2D eigenvalue weighted by atomic mass is 32.2. The van der Waals surface area contributed by atoms with Crippen molar-refractivity contribution in [1.82, 2.24) is 15.3 Å². The fraction of sp³-hybridized carbons (Fsp3) is 0.381. The molecule has 0 bridgehead atoms. The number of benzene rings is 1. The van der Waals surface area contributed by atoms with Gasteiger partial charge in [-0.3, -0.25) is 4.79 Å². The van der Waals surface area contributed by atoms with E-state index in [1.807, 2.05) is 0 Å². The predicted octanol–water partition coefficient (Wildman–Crippen LogP) is 4.08. The van der Waals surface area contributed by atoms with Gasteiger partial charge in [0, 0.05) is 37.6 Å². The van der Waals surface area contributed by atoms with Gasteiger partial charge in [-0.15, -0.1) is 0 Å². The van der Waals surface area contributed by atoms with Crippen LogP contribution >= 0.6 is 0 Å². The Labute approximate surface area is 187 Å². The highest BCUT2D eigenvalue weighted by Crippen LogP contribution is 2.44. The zero-order valence-electron chi connectivity index (χ0n) is 17.6. The summed E-state index contributed by atoms with van der Waals surface area (Å²) in [7, 11) is -3.59. The molecular weight excluding hydrogens is 466 g/mol. The van der Waals surface area contributed by atoms with Crippen molar-refractivity contribution in [3.63, 3.8) is 0 Å². The van der Waals surface area contributed by atoms with Crippen LogP contribution in [-0.2, 0) is 15.8 Å². The molecule has 1 unspecified atom stereocenters. The maximum atomic E-state index is 13.7. The molecule has 178 valence electrons. The van der Waals surface area contributed by atoms with Gasteiger partial charge in [0.25, 0.3) is 5.91 Å². The van der Waals surface area contributed by atoms with Crippen molar-refractivity contribution < 1.29 is 35.5 Å². The quantitative estimate of drug-likeness (QED) is 0.564. The first-order valence-electron chi connectivity index (χ1n) is 9.79. The molecule has 1 heterocycles. The molecule has 1 aliphatic carbocycles. The van der Waals surface area contributed by atoms with Gasteiger partial charge >= 0.3 is 5.92 Å². The van der Waals surface area contributed by atoms with Crippen LogP contribution < -0.4 is 10.1 Å². The molecule has 33 heavy (non-hydrogen) atoms. The van der Waals surface area contributed by atoms with Gasteiger partial charge in [0.1, 0.15) is 11.3 Å². The standard InChI is InChI=1S/C21H21F4N3O4S/c1-20(22,23)19-26-12-15(18(28-19)32-14-6-4-3-5-7-14)17(29)27-16(8-9-33(2,30)31)13-10-21(24,25)11-13/h3-9,12-13,16H,10-11H2,1-2H3,(H,27,29). The molecule has 0 spiro atoms. The summed E-state index contributed by atoms with van der Waals surface area (Å²) in [5.41, 5.74) is -0.323. The number of hydrogen-bond acceptors (Lipinski definition) is 6. The van der Waals surface area contributed by atoms with Crippen LogP contribution in [0.1, 0.15) is 35.9 Å². The third-order valence-electron chi connectivity index (χ3n) is 4.81. The van der Waals surface area contributed by atoms with E-state index in [2.05, 4.69) is 15.3 Å². The number of nitrogens with one attached hydrogen (secondary N) is 1. The first-order chi connectivity index (χ1) is 15.2. The van der Waals surface area contributed by atoms with Crippen molar-refractivity contribution in [2.45, 2.75) is 37.7 Å². The normalized spacial score (nSPS) is 17.4. The molecule has 0 saturated heterocycles. The van der Waals surface area contributed by atoms with Crippen molar-refractivity contribution in [2.75, 3.05) is 6.26 Å². The average Bonchev–Trinajstić information content (AvgIpc) is 2.68. The van der Waals surface area contributed by atoms with Crippen molar-refractivity contribution in [2.24, 2.45) is 5.92 Å². The van der Waals surface area contributed by atoms with Gasteiger partial charge in [-0.1, -0.05) is 24.3 Å². The van der Waals surface area contributed by atoms with E-state index in [1.165, 1.54) is 12.1 Å². The van der Waals surface area contributed by atoms with Crippen LogP contribution in [0.5, 0.6) is 11.6 Å². The van der Waals surface area contributed by atoms with E-state index in [9.17, 15) is 30.8 Å². The third-order valence-corrected chi connectivity index (χ3v) is 5.46. The third kappa shape index (κ3) is 6.73. The summed E-state index contributed by atoms with van der Waals surface area (Å²) in [6, 6.07) is 6.91. The lowest BCUT2D eigenvalue weighted by molar-refractivity contribution is -0.114. The van der Waals surface area contributed by atoms with Crippen molar-refractivity contribution >= 4 is 15.7 Å². The van der Waals surface area contributed by atoms with Crippen LogP contribution in [0.4, 0.5) is 17.6 Å². The van der Waals surface area contributed by atoms with Crippen molar-refractivity contribution in [3.05, 3.63) is 59.4 Å². The summed E-state index contributed by atoms with van der Waals surface area (Å²) in [5, 5.41) is 3.27. The largest absolute Gasteiger partial charge is 0.438 e. The zero-order chi connectivity index (χ0) is 24.4. The molecule has 1 amide bonds. The maximum Gasteiger partial charge on any atom is 0.303 e. The number of ether oxygens (including phenoxy) is 1. The summed E-state index contributed by atoms with van der Waals surface area (Å²) in [5.74, 6) is -9.07. The van der Waals surface area contributed by atoms with Crippen LogP contribution in [-0.4, -0.2) is 42.5 Å². The number of amides is 1. The number of carbonyl (C=O) groups excluding carboxylic acids is 1. The first kappa shape index (κ1) is 24.6. The van der Waals surface area contributed by atoms with Gasteiger partial charge in [0.2, 0.25) is 17.6 Å². The molecule has 1 saturated carbocycles. The van der Waals surface area contributed by atoms with Crippen LogP contribution in [0.15, 0.2) is 48.0 Å². The molecular formula is C21H21F4N3O4S.